The number of para-hydroxylation sites is 1. The molecule has 0 aliphatic carbocycles. The topological polar surface area (TPSA) is 71.5 Å². The maximum Gasteiger partial charge on any atom is 0.339 e. The van der Waals surface area contributed by atoms with Crippen LogP contribution < -0.4 is 5.32 Å². The number of hydrogen-bond acceptors (Lipinski definition) is 5. The van der Waals surface area contributed by atoms with Crippen LogP contribution in [0, 0.1) is 0 Å². The summed E-state index contributed by atoms with van der Waals surface area (Å²) in [4.78, 5) is 32.2. The summed E-state index contributed by atoms with van der Waals surface area (Å²) < 4.78 is 5.37. The molecule has 0 unspecified atom stereocenters. The lowest BCUT2D eigenvalue weighted by Gasteiger charge is -2.26. The van der Waals surface area contributed by atoms with E-state index in [1.54, 1.807) is 12.1 Å². The third kappa shape index (κ3) is 4.26. The smallest absolute Gasteiger partial charge is 0.339 e. The first kappa shape index (κ1) is 20.6. The van der Waals surface area contributed by atoms with Gasteiger partial charge in [0.05, 0.1) is 21.8 Å². The quantitative estimate of drug-likeness (QED) is 0.607. The van der Waals surface area contributed by atoms with Crippen LogP contribution >= 0.6 is 23.2 Å². The third-order valence-corrected chi connectivity index (χ3v) is 5.53. The highest BCUT2D eigenvalue weighted by Crippen LogP contribution is 2.29. The van der Waals surface area contributed by atoms with E-state index in [0.29, 0.717) is 27.8 Å². The molecule has 1 aliphatic heterocycles. The van der Waals surface area contributed by atoms with Gasteiger partial charge in [-0.25, -0.2) is 4.79 Å². The first-order valence-corrected chi connectivity index (χ1v) is 10.2. The van der Waals surface area contributed by atoms with E-state index < -0.39 is 18.5 Å². The van der Waals surface area contributed by atoms with Gasteiger partial charge in [-0.05, 0) is 31.3 Å². The monoisotopic (exact) mass is 443 g/mol. The van der Waals surface area contributed by atoms with Crippen LogP contribution in [0.2, 0.25) is 10.0 Å². The van der Waals surface area contributed by atoms with E-state index in [2.05, 4.69) is 10.2 Å². The summed E-state index contributed by atoms with van der Waals surface area (Å²) in [6.07, 6.45) is 0.756. The number of rotatable bonds is 4. The largest absolute Gasteiger partial charge is 0.452 e. The van der Waals surface area contributed by atoms with Crippen molar-refractivity contribution in [1.29, 1.82) is 0 Å². The lowest BCUT2D eigenvalue weighted by molar-refractivity contribution is -0.119. The van der Waals surface area contributed by atoms with Gasteiger partial charge in [0, 0.05) is 41.2 Å². The highest BCUT2D eigenvalue weighted by Gasteiger charge is 2.25. The molecular weight excluding hydrogens is 425 g/mol. The Morgan fingerprint density at radius 2 is 2.00 bits per heavy atom. The molecule has 1 aliphatic rings. The second kappa shape index (κ2) is 8.60. The Morgan fingerprint density at radius 1 is 1.20 bits per heavy atom. The zero-order chi connectivity index (χ0) is 21.3. The lowest BCUT2D eigenvalue weighted by Crippen LogP contribution is -2.30. The average Bonchev–Trinajstić information content (AvgIpc) is 2.72. The normalized spacial score (nSPS) is 13.7. The molecule has 8 heteroatoms. The number of likely N-dealkylation sites (N-methyl/N-ethyl adjacent to an activating group) is 1. The SMILES string of the molecule is CN1CCc2nc3ccccc3c(C(=O)OCC(=O)Nc3ccc(Cl)cc3Cl)c2C1. The Balaban J connectivity index is 1.56. The van der Waals surface area contributed by atoms with Crippen molar-refractivity contribution in [3.8, 4) is 0 Å². The van der Waals surface area contributed by atoms with E-state index in [9.17, 15) is 9.59 Å². The van der Waals surface area contributed by atoms with Crippen molar-refractivity contribution in [3.05, 3.63) is 69.3 Å². The van der Waals surface area contributed by atoms with Crippen LogP contribution in [0.25, 0.3) is 10.9 Å². The average molecular weight is 444 g/mol. The molecule has 0 saturated heterocycles. The molecule has 0 fully saturated rings. The van der Waals surface area contributed by atoms with Crippen LogP contribution in [0.5, 0.6) is 0 Å². The van der Waals surface area contributed by atoms with Crippen molar-refractivity contribution in [1.82, 2.24) is 9.88 Å². The lowest BCUT2D eigenvalue weighted by atomic mass is 9.96. The Hall–Kier alpha value is -2.67. The van der Waals surface area contributed by atoms with Gasteiger partial charge < -0.3 is 15.0 Å². The molecule has 3 aromatic rings. The Labute approximate surface area is 183 Å². The second-order valence-electron chi connectivity index (χ2n) is 7.17. The minimum Gasteiger partial charge on any atom is -0.452 e. The van der Waals surface area contributed by atoms with Gasteiger partial charge in [0.2, 0.25) is 0 Å². The van der Waals surface area contributed by atoms with Crippen molar-refractivity contribution >= 4 is 51.7 Å². The van der Waals surface area contributed by atoms with Crippen LogP contribution in [0.1, 0.15) is 21.6 Å². The number of esters is 1. The Kier molecular flexibility index (Phi) is 5.90. The molecule has 0 bridgehead atoms. The van der Waals surface area contributed by atoms with Crippen molar-refractivity contribution in [2.24, 2.45) is 0 Å². The van der Waals surface area contributed by atoms with Gasteiger partial charge >= 0.3 is 5.97 Å². The molecule has 4 rings (SSSR count). The zero-order valence-electron chi connectivity index (χ0n) is 16.2. The maximum absolute atomic E-state index is 13.0. The van der Waals surface area contributed by atoms with E-state index in [0.717, 1.165) is 35.1 Å². The molecule has 2 aromatic carbocycles. The molecule has 1 N–H and O–H groups in total. The summed E-state index contributed by atoms with van der Waals surface area (Å²) >= 11 is 11.9. The standard InChI is InChI=1S/C22H19Cl2N3O3/c1-27-9-8-18-15(11-27)21(14-4-2-3-5-17(14)25-18)22(29)30-12-20(28)26-19-7-6-13(23)10-16(19)24/h2-7,10H,8-9,11-12H2,1H3,(H,26,28). The van der Waals surface area contributed by atoms with Crippen LogP contribution in [-0.4, -0.2) is 42.0 Å². The second-order valence-corrected chi connectivity index (χ2v) is 8.01. The first-order chi connectivity index (χ1) is 14.4. The van der Waals surface area contributed by atoms with E-state index in [1.807, 2.05) is 31.3 Å². The van der Waals surface area contributed by atoms with Crippen LogP contribution in [0.15, 0.2) is 42.5 Å². The number of fused-ring (bicyclic) bond motifs is 2. The molecule has 0 atom stereocenters. The van der Waals surface area contributed by atoms with Crippen LogP contribution in [0.4, 0.5) is 5.69 Å². The summed E-state index contributed by atoms with van der Waals surface area (Å²) in [5.41, 5.74) is 3.37. The van der Waals surface area contributed by atoms with Crippen molar-refractivity contribution < 1.29 is 14.3 Å². The van der Waals surface area contributed by atoms with E-state index in [4.69, 9.17) is 32.9 Å². The summed E-state index contributed by atoms with van der Waals surface area (Å²) in [5, 5.41) is 4.11. The Morgan fingerprint density at radius 3 is 2.80 bits per heavy atom. The van der Waals surface area contributed by atoms with Gasteiger partial charge in [-0.1, -0.05) is 41.4 Å². The van der Waals surface area contributed by atoms with Gasteiger partial charge in [0.1, 0.15) is 0 Å². The number of benzene rings is 2. The molecule has 2 heterocycles. The molecule has 6 nitrogen and oxygen atoms in total. The third-order valence-electron chi connectivity index (χ3n) is 4.98. The number of nitrogens with one attached hydrogen (secondary N) is 1. The highest BCUT2D eigenvalue weighted by molar-refractivity contribution is 6.36. The predicted molar refractivity (Wildman–Crippen MR) is 117 cm³/mol. The van der Waals surface area contributed by atoms with Gasteiger partial charge in [-0.15, -0.1) is 0 Å². The van der Waals surface area contributed by atoms with Crippen molar-refractivity contribution in [2.75, 3.05) is 25.5 Å². The number of amides is 1. The van der Waals surface area contributed by atoms with Crippen LogP contribution in [-0.2, 0) is 22.5 Å². The number of ether oxygens (including phenoxy) is 1. The summed E-state index contributed by atoms with van der Waals surface area (Å²) in [6.45, 7) is 1.04. The summed E-state index contributed by atoms with van der Waals surface area (Å²) in [5.74, 6) is -1.03. The number of halogens is 2. The molecular formula is C22H19Cl2N3O3. The maximum atomic E-state index is 13.0. The van der Waals surface area contributed by atoms with Gasteiger partial charge in [-0.2, -0.15) is 0 Å². The van der Waals surface area contributed by atoms with E-state index >= 15 is 0 Å². The van der Waals surface area contributed by atoms with Crippen molar-refractivity contribution in [2.45, 2.75) is 13.0 Å². The summed E-state index contributed by atoms with van der Waals surface area (Å²) in [7, 11) is 2.00. The highest BCUT2D eigenvalue weighted by atomic mass is 35.5. The number of hydrogen-bond donors (Lipinski definition) is 1. The van der Waals surface area contributed by atoms with Gasteiger partial charge in [0.15, 0.2) is 6.61 Å². The fourth-order valence-electron chi connectivity index (χ4n) is 3.54. The number of carbonyl (C=O) groups excluding carboxylic acids is 2. The number of pyridine rings is 1. The Bertz CT molecular complexity index is 1150. The first-order valence-electron chi connectivity index (χ1n) is 9.43. The fourth-order valence-corrected chi connectivity index (χ4v) is 3.99. The molecule has 1 aromatic heterocycles. The number of carbonyl (C=O) groups is 2. The molecule has 154 valence electrons. The summed E-state index contributed by atoms with van der Waals surface area (Å²) in [6, 6.07) is 12.2. The number of anilines is 1. The number of aromatic nitrogens is 1. The minimum absolute atomic E-state index is 0.305. The molecule has 0 saturated carbocycles. The molecule has 0 spiro atoms. The fraction of sp³-hybridized carbons (Fsp3) is 0.227. The number of nitrogens with zero attached hydrogens (tertiary/aromatic N) is 2. The van der Waals surface area contributed by atoms with Crippen molar-refractivity contribution in [3.63, 3.8) is 0 Å². The van der Waals surface area contributed by atoms with E-state index in [-0.39, 0.29) is 0 Å². The predicted octanol–water partition coefficient (Wildman–Crippen LogP) is 4.33. The molecule has 1 amide bonds. The minimum atomic E-state index is -0.544. The zero-order valence-corrected chi connectivity index (χ0v) is 17.8. The van der Waals surface area contributed by atoms with Gasteiger partial charge in [-0.3, -0.25) is 9.78 Å². The van der Waals surface area contributed by atoms with Crippen LogP contribution in [0.3, 0.4) is 0 Å². The van der Waals surface area contributed by atoms with Gasteiger partial charge in [0.25, 0.3) is 5.91 Å². The van der Waals surface area contributed by atoms with E-state index in [1.165, 1.54) is 6.07 Å². The molecule has 0 radical (unpaired) electrons. The molecule has 30 heavy (non-hydrogen) atoms.